The number of nitrogens with one attached hydrogen (secondary N) is 1. The number of nitrogens with zero attached hydrogens (tertiary/aromatic N) is 1. The van der Waals surface area contributed by atoms with Gasteiger partial charge in [0.25, 0.3) is 5.91 Å². The van der Waals surface area contributed by atoms with Gasteiger partial charge in [-0.3, -0.25) is 9.69 Å². The Hall–Kier alpha value is -0.580. The van der Waals surface area contributed by atoms with E-state index < -0.39 is 5.54 Å². The summed E-state index contributed by atoms with van der Waals surface area (Å²) in [4.78, 5) is 26.7. The number of halogens is 1. The number of urea groups is 1. The van der Waals surface area contributed by atoms with Gasteiger partial charge in [-0.1, -0.05) is 49.5 Å². The van der Waals surface area contributed by atoms with Crippen molar-refractivity contribution in [1.29, 1.82) is 0 Å². The van der Waals surface area contributed by atoms with Gasteiger partial charge in [0.05, 0.1) is 0 Å². The molecule has 1 N–H and O–H groups in total. The van der Waals surface area contributed by atoms with Crippen LogP contribution in [0.4, 0.5) is 4.79 Å². The molecule has 4 nitrogen and oxygen atoms in total. The first-order valence-corrected chi connectivity index (χ1v) is 8.79. The minimum Gasteiger partial charge on any atom is -0.323 e. The van der Waals surface area contributed by atoms with Crippen molar-refractivity contribution in [1.82, 2.24) is 10.2 Å². The summed E-state index contributed by atoms with van der Waals surface area (Å²) in [7, 11) is 0. The van der Waals surface area contributed by atoms with Gasteiger partial charge in [0.1, 0.15) is 5.54 Å². The van der Waals surface area contributed by atoms with Gasteiger partial charge in [0.2, 0.25) is 0 Å². The van der Waals surface area contributed by atoms with Crippen molar-refractivity contribution in [3.05, 3.63) is 0 Å². The molecule has 1 spiro atoms. The fourth-order valence-electron chi connectivity index (χ4n) is 3.66. The van der Waals surface area contributed by atoms with E-state index in [1.807, 2.05) is 0 Å². The number of carbonyl (C=O) groups excluding carboxylic acids is 2. The van der Waals surface area contributed by atoms with E-state index in [0.717, 1.165) is 31.0 Å². The molecule has 0 aromatic rings. The molecular formula is C15H25BrN2O2. The summed E-state index contributed by atoms with van der Waals surface area (Å²) in [5.41, 5.74) is -0.653. The Morgan fingerprint density at radius 3 is 2.45 bits per heavy atom. The summed E-state index contributed by atoms with van der Waals surface area (Å²) in [6, 6.07) is -0.199. The van der Waals surface area contributed by atoms with Crippen molar-refractivity contribution >= 4 is 27.9 Å². The van der Waals surface area contributed by atoms with Crippen LogP contribution in [0.25, 0.3) is 0 Å². The zero-order valence-corrected chi connectivity index (χ0v) is 14.2. The van der Waals surface area contributed by atoms with Gasteiger partial charge in [-0.05, 0) is 30.6 Å². The quantitative estimate of drug-likeness (QED) is 0.629. The Morgan fingerprint density at radius 2 is 1.95 bits per heavy atom. The molecule has 5 heteroatoms. The maximum Gasteiger partial charge on any atom is 0.325 e. The largest absolute Gasteiger partial charge is 0.325 e. The molecule has 1 aliphatic carbocycles. The van der Waals surface area contributed by atoms with Crippen molar-refractivity contribution in [2.75, 3.05) is 11.9 Å². The van der Waals surface area contributed by atoms with Gasteiger partial charge in [-0.25, -0.2) is 4.79 Å². The third-order valence-electron chi connectivity index (χ3n) is 5.22. The number of amides is 3. The van der Waals surface area contributed by atoms with Gasteiger partial charge in [-0.15, -0.1) is 0 Å². The van der Waals surface area contributed by atoms with Gasteiger partial charge in [0, 0.05) is 11.9 Å². The van der Waals surface area contributed by atoms with E-state index >= 15 is 0 Å². The lowest BCUT2D eigenvalue weighted by molar-refractivity contribution is -0.136. The minimum absolute atomic E-state index is 0.00148. The lowest BCUT2D eigenvalue weighted by atomic mass is 9.67. The van der Waals surface area contributed by atoms with Gasteiger partial charge < -0.3 is 5.32 Å². The monoisotopic (exact) mass is 344 g/mol. The number of imide groups is 1. The second-order valence-corrected chi connectivity index (χ2v) is 7.02. The van der Waals surface area contributed by atoms with Crippen LogP contribution in [0, 0.1) is 17.8 Å². The molecule has 0 aromatic carbocycles. The highest BCUT2D eigenvalue weighted by atomic mass is 79.9. The zero-order chi connectivity index (χ0) is 14.9. The summed E-state index contributed by atoms with van der Waals surface area (Å²) in [5, 5.41) is 3.86. The molecule has 2 fully saturated rings. The molecule has 0 radical (unpaired) electrons. The van der Waals surface area contributed by atoms with Crippen LogP contribution < -0.4 is 5.32 Å². The normalized spacial score (nSPS) is 35.5. The second-order valence-electron chi connectivity index (χ2n) is 6.38. The Balaban J connectivity index is 2.23. The summed E-state index contributed by atoms with van der Waals surface area (Å²) in [6.45, 7) is 6.80. The van der Waals surface area contributed by atoms with Gasteiger partial charge in [0.15, 0.2) is 0 Å². The highest BCUT2D eigenvalue weighted by Gasteiger charge is 2.58. The van der Waals surface area contributed by atoms with E-state index in [0.29, 0.717) is 12.5 Å². The number of rotatable bonds is 4. The van der Waals surface area contributed by atoms with E-state index in [1.165, 1.54) is 4.90 Å². The molecule has 1 saturated heterocycles. The van der Waals surface area contributed by atoms with Crippen molar-refractivity contribution in [2.45, 2.75) is 52.0 Å². The van der Waals surface area contributed by atoms with Gasteiger partial charge >= 0.3 is 6.03 Å². The Morgan fingerprint density at radius 1 is 1.35 bits per heavy atom. The highest BCUT2D eigenvalue weighted by Crippen LogP contribution is 2.42. The predicted molar refractivity (Wildman–Crippen MR) is 82.7 cm³/mol. The molecule has 2 aliphatic rings. The average Bonchev–Trinajstić information content (AvgIpc) is 2.67. The number of hydrogen-bond acceptors (Lipinski definition) is 2. The van der Waals surface area contributed by atoms with E-state index in [2.05, 4.69) is 42.0 Å². The van der Waals surface area contributed by atoms with Crippen molar-refractivity contribution < 1.29 is 9.59 Å². The number of alkyl halides is 1. The molecule has 0 aromatic heterocycles. The Labute approximate surface area is 129 Å². The zero-order valence-electron chi connectivity index (χ0n) is 12.6. The van der Waals surface area contributed by atoms with Crippen LogP contribution in [0.1, 0.15) is 46.5 Å². The fourth-order valence-corrected chi connectivity index (χ4v) is 4.33. The smallest absolute Gasteiger partial charge is 0.323 e. The fraction of sp³-hybridized carbons (Fsp3) is 0.867. The molecule has 1 heterocycles. The van der Waals surface area contributed by atoms with Crippen LogP contribution in [0.5, 0.6) is 0 Å². The van der Waals surface area contributed by atoms with Crippen LogP contribution in [-0.2, 0) is 4.79 Å². The number of carbonyl (C=O) groups is 2. The van der Waals surface area contributed by atoms with Crippen LogP contribution in [0.2, 0.25) is 0 Å². The molecule has 3 unspecified atom stereocenters. The van der Waals surface area contributed by atoms with Crippen LogP contribution in [0.15, 0.2) is 0 Å². The first kappa shape index (κ1) is 15.8. The van der Waals surface area contributed by atoms with E-state index in [1.54, 1.807) is 0 Å². The van der Waals surface area contributed by atoms with Crippen LogP contribution in [0.3, 0.4) is 0 Å². The topological polar surface area (TPSA) is 49.4 Å². The van der Waals surface area contributed by atoms with Crippen LogP contribution in [-0.4, -0.2) is 34.3 Å². The lowest BCUT2D eigenvalue weighted by Gasteiger charge is -2.42. The standard InChI is InChI=1S/C15H25BrN2O2/c1-4-12(8-16)9-18-13(19)15(17-14(18)20)10(2)6-5-7-11(15)3/h10-12H,4-9H2,1-3H3,(H,17,20). The summed E-state index contributed by atoms with van der Waals surface area (Å²) in [5.74, 6) is 0.768. The first-order chi connectivity index (χ1) is 9.47. The maximum atomic E-state index is 12.9. The summed E-state index contributed by atoms with van der Waals surface area (Å²) >= 11 is 3.46. The Kier molecular flexibility index (Phi) is 4.77. The molecule has 0 bridgehead atoms. The van der Waals surface area contributed by atoms with E-state index in [-0.39, 0.29) is 23.8 Å². The highest BCUT2D eigenvalue weighted by molar-refractivity contribution is 9.09. The molecule has 1 aliphatic heterocycles. The Bertz CT molecular complexity index is 385. The average molecular weight is 345 g/mol. The summed E-state index contributed by atoms with van der Waals surface area (Å²) < 4.78 is 0. The predicted octanol–water partition coefficient (Wildman–Crippen LogP) is 3.15. The molecule has 2 rings (SSSR count). The second kappa shape index (κ2) is 6.04. The third kappa shape index (κ3) is 2.38. The molecule has 3 atom stereocenters. The minimum atomic E-state index is -0.653. The third-order valence-corrected chi connectivity index (χ3v) is 6.14. The van der Waals surface area contributed by atoms with E-state index in [4.69, 9.17) is 0 Å². The number of hydrogen-bond donors (Lipinski definition) is 1. The lowest BCUT2D eigenvalue weighted by Crippen LogP contribution is -2.59. The van der Waals surface area contributed by atoms with Gasteiger partial charge in [-0.2, -0.15) is 0 Å². The molecule has 3 amide bonds. The van der Waals surface area contributed by atoms with Crippen LogP contribution >= 0.6 is 15.9 Å². The molecule has 114 valence electrons. The maximum absolute atomic E-state index is 12.9. The molecule has 1 saturated carbocycles. The molecular weight excluding hydrogens is 320 g/mol. The SMILES string of the molecule is CCC(CBr)CN1C(=O)NC2(C1=O)C(C)CCCC2C. The summed E-state index contributed by atoms with van der Waals surface area (Å²) in [6.07, 6.45) is 4.13. The van der Waals surface area contributed by atoms with Crippen molar-refractivity contribution in [3.8, 4) is 0 Å². The first-order valence-electron chi connectivity index (χ1n) is 7.67. The van der Waals surface area contributed by atoms with E-state index in [9.17, 15) is 9.59 Å². The van der Waals surface area contributed by atoms with Crippen molar-refractivity contribution in [2.24, 2.45) is 17.8 Å². The molecule has 20 heavy (non-hydrogen) atoms. The van der Waals surface area contributed by atoms with Crippen molar-refractivity contribution in [3.63, 3.8) is 0 Å².